The molecule has 3 heterocycles. The normalized spacial score (nSPS) is 50.0. The predicted molar refractivity (Wildman–Crippen MR) is 111 cm³/mol. The zero-order valence-corrected chi connectivity index (χ0v) is 19.5. The molecule has 0 aromatic carbocycles. The van der Waals surface area contributed by atoms with Gasteiger partial charge in [-0.15, -0.1) is 0 Å². The average molecular weight is 529 g/mol. The minimum atomic E-state index is -1.82. The van der Waals surface area contributed by atoms with Crippen molar-refractivity contribution in [2.75, 3.05) is 13.2 Å². The summed E-state index contributed by atoms with van der Waals surface area (Å²) < 4.78 is 27.5. The minimum absolute atomic E-state index is 0.616. The van der Waals surface area contributed by atoms with E-state index >= 15 is 0 Å². The summed E-state index contributed by atoms with van der Waals surface area (Å²) in [5, 5.41) is 93.8. The van der Waals surface area contributed by atoms with E-state index in [9.17, 15) is 50.8 Å². The Bertz CT molecular complexity index is 731. The Morgan fingerprint density at radius 2 is 1.33 bits per heavy atom. The minimum Gasteiger partial charge on any atom is -0.394 e. The van der Waals surface area contributed by atoms with Crippen LogP contribution in [0.4, 0.5) is 0 Å². The van der Waals surface area contributed by atoms with Gasteiger partial charge in [-0.3, -0.25) is 4.79 Å². The topological polar surface area (TPSA) is 257 Å². The Balaban J connectivity index is 1.86. The highest BCUT2D eigenvalue weighted by molar-refractivity contribution is 5.73. The van der Waals surface area contributed by atoms with Crippen LogP contribution in [0.1, 0.15) is 13.8 Å². The van der Waals surface area contributed by atoms with E-state index < -0.39 is 111 Å². The molecule has 0 aliphatic carbocycles. The average Bonchev–Trinajstić information content (AvgIpc) is 2.84. The molecule has 16 nitrogen and oxygen atoms in total. The van der Waals surface area contributed by atoms with Crippen molar-refractivity contribution in [1.29, 1.82) is 0 Å². The van der Waals surface area contributed by atoms with Crippen molar-refractivity contribution in [3.8, 4) is 0 Å². The lowest BCUT2D eigenvalue weighted by Crippen LogP contribution is -2.68. The summed E-state index contributed by atoms with van der Waals surface area (Å²) in [4.78, 5) is 11.5. The molecular formula is C20H35NO15. The summed E-state index contributed by atoms with van der Waals surface area (Å²) in [6, 6.07) is -1.39. The van der Waals surface area contributed by atoms with Gasteiger partial charge in [0.15, 0.2) is 18.9 Å². The quantitative estimate of drug-likeness (QED) is 0.147. The molecule has 3 saturated heterocycles. The lowest BCUT2D eigenvalue weighted by molar-refractivity contribution is -0.382. The van der Waals surface area contributed by atoms with Gasteiger partial charge in [0.25, 0.3) is 0 Å². The molecule has 210 valence electrons. The zero-order valence-electron chi connectivity index (χ0n) is 19.5. The van der Waals surface area contributed by atoms with Gasteiger partial charge in [0, 0.05) is 6.92 Å². The van der Waals surface area contributed by atoms with Crippen LogP contribution >= 0.6 is 0 Å². The molecule has 0 aromatic rings. The summed E-state index contributed by atoms with van der Waals surface area (Å²) in [6.07, 6.45) is -22.1. The fraction of sp³-hybridized carbons (Fsp3) is 0.950. The Morgan fingerprint density at radius 3 is 1.92 bits per heavy atom. The zero-order chi connectivity index (χ0) is 26.9. The second-order valence-electron chi connectivity index (χ2n) is 9.05. The molecule has 16 heteroatoms. The maximum Gasteiger partial charge on any atom is 0.217 e. The summed E-state index contributed by atoms with van der Waals surface area (Å²) in [6.45, 7) is 0.997. The van der Waals surface area contributed by atoms with E-state index in [1.165, 1.54) is 6.92 Å². The van der Waals surface area contributed by atoms with Gasteiger partial charge in [-0.1, -0.05) is 0 Å². The molecule has 0 aromatic heterocycles. The number of carbonyl (C=O) groups is 1. The van der Waals surface area contributed by atoms with Gasteiger partial charge in [0.05, 0.1) is 19.3 Å². The Labute approximate surface area is 205 Å². The largest absolute Gasteiger partial charge is 0.394 e. The molecule has 3 aliphatic rings. The first-order chi connectivity index (χ1) is 16.9. The van der Waals surface area contributed by atoms with Gasteiger partial charge in [0.1, 0.15) is 67.1 Å². The van der Waals surface area contributed by atoms with Gasteiger partial charge < -0.3 is 75.0 Å². The van der Waals surface area contributed by atoms with Crippen LogP contribution in [-0.4, -0.2) is 157 Å². The van der Waals surface area contributed by atoms with E-state index in [0.717, 1.165) is 6.92 Å². The highest BCUT2D eigenvalue weighted by atomic mass is 16.8. The number of amides is 1. The van der Waals surface area contributed by atoms with Crippen molar-refractivity contribution < 1.29 is 74.4 Å². The summed E-state index contributed by atoms with van der Waals surface area (Å²) in [5.41, 5.74) is 0. The number of hydrogen-bond acceptors (Lipinski definition) is 15. The molecule has 0 unspecified atom stereocenters. The Kier molecular flexibility index (Phi) is 9.97. The van der Waals surface area contributed by atoms with Crippen LogP contribution in [0.2, 0.25) is 0 Å². The fourth-order valence-corrected chi connectivity index (χ4v) is 4.39. The first-order valence-electron chi connectivity index (χ1n) is 11.4. The van der Waals surface area contributed by atoms with Crippen LogP contribution in [0.5, 0.6) is 0 Å². The number of rotatable bonds is 7. The van der Waals surface area contributed by atoms with Gasteiger partial charge in [-0.25, -0.2) is 0 Å². The van der Waals surface area contributed by atoms with Crippen molar-refractivity contribution in [2.45, 2.75) is 106 Å². The number of nitrogens with one attached hydrogen (secondary N) is 1. The standard InChI is InChI=1S/C20H35NO15/c1-5-10(25)13(28)15(30)19(32-5)36-17-14(29)11(26)7(3-22)34-20(17)35-16-8(4-23)33-18(31)9(12(16)27)21-6(2)24/h5,7-20,22-23,25-31H,3-4H2,1-2H3,(H,21,24)/t5-,7-,8+,9+,10+,11+,12+,13+,14+,15-,16+,17-,18+,19+,20+/m0/s1. The second-order valence-corrected chi connectivity index (χ2v) is 9.05. The van der Waals surface area contributed by atoms with Gasteiger partial charge in [-0.2, -0.15) is 0 Å². The molecule has 15 atom stereocenters. The fourth-order valence-electron chi connectivity index (χ4n) is 4.39. The maximum absolute atomic E-state index is 11.5. The van der Waals surface area contributed by atoms with Gasteiger partial charge in [0.2, 0.25) is 5.91 Å². The van der Waals surface area contributed by atoms with Crippen molar-refractivity contribution in [3.05, 3.63) is 0 Å². The number of carbonyl (C=O) groups excluding carboxylic acids is 1. The molecule has 0 bridgehead atoms. The molecule has 36 heavy (non-hydrogen) atoms. The van der Waals surface area contributed by atoms with Crippen molar-refractivity contribution >= 4 is 5.91 Å². The first kappa shape index (κ1) is 29.5. The third kappa shape index (κ3) is 5.97. The molecule has 0 saturated carbocycles. The third-order valence-electron chi connectivity index (χ3n) is 6.46. The van der Waals surface area contributed by atoms with E-state index in [0.29, 0.717) is 0 Å². The van der Waals surface area contributed by atoms with Crippen molar-refractivity contribution in [2.24, 2.45) is 0 Å². The molecular weight excluding hydrogens is 494 g/mol. The molecule has 3 aliphatic heterocycles. The van der Waals surface area contributed by atoms with E-state index in [1.54, 1.807) is 0 Å². The number of hydrogen-bond donors (Lipinski definition) is 10. The molecule has 0 spiro atoms. The van der Waals surface area contributed by atoms with Gasteiger partial charge in [-0.05, 0) is 6.92 Å². The van der Waals surface area contributed by atoms with Crippen molar-refractivity contribution in [3.63, 3.8) is 0 Å². The number of aliphatic hydroxyl groups is 9. The van der Waals surface area contributed by atoms with Crippen LogP contribution in [0.15, 0.2) is 0 Å². The van der Waals surface area contributed by atoms with Crippen LogP contribution in [0.25, 0.3) is 0 Å². The third-order valence-corrected chi connectivity index (χ3v) is 6.46. The van der Waals surface area contributed by atoms with E-state index in [2.05, 4.69) is 5.32 Å². The highest BCUT2D eigenvalue weighted by Crippen LogP contribution is 2.32. The summed E-state index contributed by atoms with van der Waals surface area (Å²) in [5.74, 6) is -0.616. The second kappa shape index (κ2) is 12.2. The predicted octanol–water partition coefficient (Wildman–Crippen LogP) is -6.40. The Morgan fingerprint density at radius 1 is 0.722 bits per heavy atom. The summed E-state index contributed by atoms with van der Waals surface area (Å²) in [7, 11) is 0. The molecule has 0 radical (unpaired) electrons. The lowest BCUT2D eigenvalue weighted by atomic mass is 9.95. The van der Waals surface area contributed by atoms with Gasteiger partial charge >= 0.3 is 0 Å². The SMILES string of the molecule is CC(=O)N[C@@H]1[C@@H](O)[C@H](O[C@H]2O[C@@H](CO)[C@@H](O)[C@@H](O)[C@@H]2O[C@H]2O[C@@H](C)[C@@H](O)[C@@H](O)[C@@H]2O)[C@@H](CO)O[C@H]1O. The van der Waals surface area contributed by atoms with Crippen molar-refractivity contribution in [1.82, 2.24) is 5.32 Å². The smallest absolute Gasteiger partial charge is 0.217 e. The Hall–Kier alpha value is -1.09. The monoisotopic (exact) mass is 529 g/mol. The van der Waals surface area contributed by atoms with Crippen LogP contribution in [0, 0.1) is 0 Å². The molecule has 3 fully saturated rings. The summed E-state index contributed by atoms with van der Waals surface area (Å²) >= 11 is 0. The van der Waals surface area contributed by atoms with Crippen LogP contribution in [-0.2, 0) is 28.5 Å². The van der Waals surface area contributed by atoms with E-state index in [1.807, 2.05) is 0 Å². The van der Waals surface area contributed by atoms with Crippen LogP contribution in [0.3, 0.4) is 0 Å². The molecule has 3 rings (SSSR count). The maximum atomic E-state index is 11.5. The number of aliphatic hydroxyl groups excluding tert-OH is 9. The number of ether oxygens (including phenoxy) is 5. The lowest BCUT2D eigenvalue weighted by Gasteiger charge is -2.48. The van der Waals surface area contributed by atoms with E-state index in [4.69, 9.17) is 23.7 Å². The molecule has 10 N–H and O–H groups in total. The van der Waals surface area contributed by atoms with E-state index in [-0.39, 0.29) is 0 Å². The first-order valence-corrected chi connectivity index (χ1v) is 11.4. The van der Waals surface area contributed by atoms with Crippen LogP contribution < -0.4 is 5.32 Å². The highest BCUT2D eigenvalue weighted by Gasteiger charge is 2.53. The molecule has 1 amide bonds.